The number of hydrogen-bond donors (Lipinski definition) is 0. The second-order valence-electron chi connectivity index (χ2n) is 6.92. The minimum Gasteiger partial charge on any atom is -0.362 e. The molecule has 4 rings (SSSR count). The van der Waals surface area contributed by atoms with E-state index >= 15 is 0 Å². The summed E-state index contributed by atoms with van der Waals surface area (Å²) in [7, 11) is 0. The van der Waals surface area contributed by atoms with E-state index in [1.807, 2.05) is 11.8 Å². The van der Waals surface area contributed by atoms with Crippen LogP contribution in [-0.2, 0) is 9.53 Å². The smallest absolute Gasteiger partial charge is 0.255 e. The fourth-order valence-corrected chi connectivity index (χ4v) is 3.98. The van der Waals surface area contributed by atoms with E-state index in [1.165, 1.54) is 0 Å². The number of rotatable bonds is 2. The summed E-state index contributed by atoms with van der Waals surface area (Å²) in [6, 6.07) is 0. The highest BCUT2D eigenvalue weighted by Crippen LogP contribution is 2.44. The van der Waals surface area contributed by atoms with E-state index in [1.54, 1.807) is 0 Å². The van der Waals surface area contributed by atoms with E-state index in [-0.39, 0.29) is 17.6 Å². The minimum absolute atomic E-state index is 0.0870. The monoisotopic (exact) mass is 317 g/mol. The van der Waals surface area contributed by atoms with Crippen LogP contribution in [0, 0.1) is 6.92 Å². The van der Waals surface area contributed by atoms with Gasteiger partial charge in [0.2, 0.25) is 5.91 Å². The molecule has 1 atom stereocenters. The first-order valence-corrected chi connectivity index (χ1v) is 8.62. The summed E-state index contributed by atoms with van der Waals surface area (Å²) in [4.78, 5) is 18.8. The number of allylic oxidation sites excluding steroid dienone is 1. The molecule has 2 saturated heterocycles. The van der Waals surface area contributed by atoms with Crippen molar-refractivity contribution < 1.29 is 14.1 Å². The summed E-state index contributed by atoms with van der Waals surface area (Å²) in [5.41, 5.74) is 0.890. The zero-order chi connectivity index (χ0) is 15.9. The maximum Gasteiger partial charge on any atom is 0.255 e. The second-order valence-corrected chi connectivity index (χ2v) is 6.92. The lowest BCUT2D eigenvalue weighted by molar-refractivity contribution is -0.134. The summed E-state index contributed by atoms with van der Waals surface area (Å²) in [5, 5.41) is 3.85. The molecule has 1 spiro atoms. The van der Waals surface area contributed by atoms with Crippen LogP contribution in [0.1, 0.15) is 62.8 Å². The molecule has 1 aromatic heterocycles. The van der Waals surface area contributed by atoms with Crippen molar-refractivity contribution in [2.45, 2.75) is 63.6 Å². The first-order valence-electron chi connectivity index (χ1n) is 8.62. The molecule has 23 heavy (non-hydrogen) atoms. The van der Waals surface area contributed by atoms with Gasteiger partial charge >= 0.3 is 0 Å². The number of hydrogen-bond acceptors (Lipinski definition) is 5. The molecule has 3 aliphatic rings. The lowest BCUT2D eigenvalue weighted by atomic mass is 9.88. The van der Waals surface area contributed by atoms with Gasteiger partial charge in [-0.25, -0.2) is 0 Å². The van der Waals surface area contributed by atoms with E-state index in [2.05, 4.69) is 16.2 Å². The van der Waals surface area contributed by atoms with Crippen LogP contribution in [0.2, 0.25) is 0 Å². The number of amides is 1. The van der Waals surface area contributed by atoms with Crippen molar-refractivity contribution in [3.63, 3.8) is 0 Å². The fourth-order valence-electron chi connectivity index (χ4n) is 3.98. The molecule has 0 N–H and O–H groups in total. The van der Waals surface area contributed by atoms with Crippen LogP contribution in [0.15, 0.2) is 16.2 Å². The summed E-state index contributed by atoms with van der Waals surface area (Å²) in [5.74, 6) is 1.48. The van der Waals surface area contributed by atoms with Crippen molar-refractivity contribution in [1.29, 1.82) is 0 Å². The lowest BCUT2D eigenvalue weighted by Crippen LogP contribution is -2.46. The van der Waals surface area contributed by atoms with Gasteiger partial charge < -0.3 is 14.2 Å². The van der Waals surface area contributed by atoms with Gasteiger partial charge in [0.25, 0.3) is 5.89 Å². The molecular formula is C17H23N3O3. The predicted octanol–water partition coefficient (Wildman–Crippen LogP) is 2.70. The first kappa shape index (κ1) is 14.9. The quantitative estimate of drug-likeness (QED) is 0.839. The summed E-state index contributed by atoms with van der Waals surface area (Å²) < 4.78 is 11.5. The molecule has 1 aliphatic carbocycles. The molecule has 2 fully saturated rings. The van der Waals surface area contributed by atoms with Crippen LogP contribution in [0.3, 0.4) is 0 Å². The first-order chi connectivity index (χ1) is 11.2. The van der Waals surface area contributed by atoms with E-state index in [0.717, 1.165) is 63.6 Å². The van der Waals surface area contributed by atoms with Crippen LogP contribution in [-0.4, -0.2) is 39.6 Å². The SMILES string of the molecule is Cc1noc([C@H]2CCC3(CCN(C(=O)C4=CCCC4)CC3)O2)n1. The number of carbonyl (C=O) groups is 1. The minimum atomic E-state index is -0.117. The van der Waals surface area contributed by atoms with Crippen molar-refractivity contribution in [2.24, 2.45) is 0 Å². The standard InChI is InChI=1S/C17H23N3O3/c1-12-18-15(23-19-12)14-6-7-17(22-14)8-10-20(11-9-17)16(21)13-4-2-3-5-13/h4,14H,2-3,5-11H2,1H3/t14-/m1/s1. The molecule has 1 amide bonds. The molecule has 6 nitrogen and oxygen atoms in total. The van der Waals surface area contributed by atoms with Gasteiger partial charge in [0.1, 0.15) is 6.10 Å². The van der Waals surface area contributed by atoms with Crippen molar-refractivity contribution >= 4 is 5.91 Å². The highest BCUT2D eigenvalue weighted by atomic mass is 16.5. The average molecular weight is 317 g/mol. The van der Waals surface area contributed by atoms with Gasteiger partial charge in [0.15, 0.2) is 5.82 Å². The van der Waals surface area contributed by atoms with E-state index in [0.29, 0.717) is 11.7 Å². The largest absolute Gasteiger partial charge is 0.362 e. The Morgan fingerprint density at radius 1 is 1.35 bits per heavy atom. The lowest BCUT2D eigenvalue weighted by Gasteiger charge is -2.39. The van der Waals surface area contributed by atoms with E-state index < -0.39 is 0 Å². The highest BCUT2D eigenvalue weighted by molar-refractivity contribution is 5.93. The Balaban J connectivity index is 1.37. The molecule has 0 aromatic carbocycles. The van der Waals surface area contributed by atoms with E-state index in [9.17, 15) is 4.79 Å². The van der Waals surface area contributed by atoms with Crippen LogP contribution in [0.25, 0.3) is 0 Å². The summed E-state index contributed by atoms with van der Waals surface area (Å²) in [6.45, 7) is 3.39. The number of piperidine rings is 1. The Kier molecular flexibility index (Phi) is 3.71. The number of aryl methyl sites for hydroxylation is 1. The molecule has 1 aromatic rings. The highest BCUT2D eigenvalue weighted by Gasteiger charge is 2.45. The van der Waals surface area contributed by atoms with Gasteiger partial charge in [-0.1, -0.05) is 11.2 Å². The molecule has 2 aliphatic heterocycles. The molecule has 0 radical (unpaired) electrons. The van der Waals surface area contributed by atoms with Crippen LogP contribution in [0.4, 0.5) is 0 Å². The van der Waals surface area contributed by atoms with E-state index in [4.69, 9.17) is 9.26 Å². The van der Waals surface area contributed by atoms with Gasteiger partial charge in [-0.2, -0.15) is 4.98 Å². The number of ether oxygens (including phenoxy) is 1. The summed E-state index contributed by atoms with van der Waals surface area (Å²) in [6.07, 6.45) is 8.84. The molecule has 0 unspecified atom stereocenters. The topological polar surface area (TPSA) is 68.5 Å². The Morgan fingerprint density at radius 2 is 2.17 bits per heavy atom. The number of nitrogens with zero attached hydrogens (tertiary/aromatic N) is 3. The maximum atomic E-state index is 12.5. The van der Waals surface area contributed by atoms with Crippen LogP contribution in [0.5, 0.6) is 0 Å². The van der Waals surface area contributed by atoms with Gasteiger partial charge in [0, 0.05) is 18.7 Å². The molecule has 0 bridgehead atoms. The molecule has 0 saturated carbocycles. The van der Waals surface area contributed by atoms with Crippen LogP contribution < -0.4 is 0 Å². The predicted molar refractivity (Wildman–Crippen MR) is 82.6 cm³/mol. The molecule has 6 heteroatoms. The van der Waals surface area contributed by atoms with Crippen molar-refractivity contribution in [3.8, 4) is 0 Å². The Labute approximate surface area is 135 Å². The van der Waals surface area contributed by atoms with Gasteiger partial charge in [-0.3, -0.25) is 4.79 Å². The van der Waals surface area contributed by atoms with Crippen molar-refractivity contribution in [1.82, 2.24) is 15.0 Å². The number of likely N-dealkylation sites (tertiary alicyclic amines) is 1. The van der Waals surface area contributed by atoms with Gasteiger partial charge in [0.05, 0.1) is 5.60 Å². The molecule has 3 heterocycles. The third-order valence-electron chi connectivity index (χ3n) is 5.35. The van der Waals surface area contributed by atoms with Crippen molar-refractivity contribution in [3.05, 3.63) is 23.4 Å². The maximum absolute atomic E-state index is 12.5. The Bertz CT molecular complexity index is 629. The Hall–Kier alpha value is -1.69. The number of aromatic nitrogens is 2. The van der Waals surface area contributed by atoms with Gasteiger partial charge in [-0.05, 0) is 51.9 Å². The second kappa shape index (κ2) is 5.74. The number of carbonyl (C=O) groups excluding carboxylic acids is 1. The normalized spacial score (nSPS) is 26.7. The zero-order valence-corrected chi connectivity index (χ0v) is 13.6. The third kappa shape index (κ3) is 2.80. The van der Waals surface area contributed by atoms with Crippen molar-refractivity contribution in [2.75, 3.05) is 13.1 Å². The average Bonchev–Trinajstić information content (AvgIpc) is 3.28. The fraction of sp³-hybridized carbons (Fsp3) is 0.706. The third-order valence-corrected chi connectivity index (χ3v) is 5.35. The molecule has 124 valence electrons. The van der Waals surface area contributed by atoms with Gasteiger partial charge in [-0.15, -0.1) is 0 Å². The zero-order valence-electron chi connectivity index (χ0n) is 13.6. The van der Waals surface area contributed by atoms with Crippen LogP contribution >= 0.6 is 0 Å². The Morgan fingerprint density at radius 3 is 2.83 bits per heavy atom. The molecular weight excluding hydrogens is 294 g/mol. The summed E-state index contributed by atoms with van der Waals surface area (Å²) >= 11 is 0.